The molecule has 3 heterocycles. The average molecular weight is 585 g/mol. The molecule has 14 heteroatoms. The van der Waals surface area contributed by atoms with E-state index < -0.39 is 16.1 Å². The van der Waals surface area contributed by atoms with Crippen LogP contribution >= 0.6 is 27.3 Å². The van der Waals surface area contributed by atoms with Gasteiger partial charge in [0.15, 0.2) is 9.34 Å². The lowest BCUT2D eigenvalue weighted by Gasteiger charge is -2.35. The highest BCUT2D eigenvalue weighted by Gasteiger charge is 2.32. The lowest BCUT2D eigenvalue weighted by atomic mass is 10.2. The molecule has 1 atom stereocenters. The van der Waals surface area contributed by atoms with Crippen molar-refractivity contribution in [2.24, 2.45) is 0 Å². The molecule has 1 saturated heterocycles. The minimum absolute atomic E-state index is 0.0888. The number of aryl methyl sites for hydroxylation is 1. The maximum atomic E-state index is 13.2. The number of sulfonamides is 1. The first-order valence-electron chi connectivity index (χ1n) is 10.9. The monoisotopic (exact) mass is 583 g/mol. The van der Waals surface area contributed by atoms with E-state index >= 15 is 0 Å². The Hall–Kier alpha value is -2.39. The van der Waals surface area contributed by atoms with Crippen molar-refractivity contribution in [1.29, 1.82) is 0 Å². The molecule has 0 bridgehead atoms. The lowest BCUT2D eigenvalue weighted by molar-refractivity contribution is 0.184. The Kier molecular flexibility index (Phi) is 7.86. The Morgan fingerprint density at radius 3 is 2.71 bits per heavy atom. The number of amides is 1. The van der Waals surface area contributed by atoms with E-state index in [0.717, 1.165) is 39.1 Å². The maximum Gasteiger partial charge on any atom is 0.413 e. The number of hydrogen-bond donors (Lipinski definition) is 2. The standard InChI is InChI=1S/C21H26BrN7O4S2/c1-13(25-18-15-5-4-6-16(22)17(15)23-12-24-18)11-28-7-9-29(10-8-28)35(31,32)19-14(2)26-20(34-19)27-21(30)33-3/h4-6,12-13H,7-11H2,1-3H3,(H,23,24,25)(H,26,27,30)/t13-/m0/s1. The van der Waals surface area contributed by atoms with E-state index in [1.54, 1.807) is 13.3 Å². The van der Waals surface area contributed by atoms with E-state index in [1.165, 1.54) is 11.4 Å². The Balaban J connectivity index is 1.36. The minimum atomic E-state index is -3.71. The van der Waals surface area contributed by atoms with Crippen LogP contribution in [0.1, 0.15) is 12.6 Å². The smallest absolute Gasteiger partial charge is 0.413 e. The Morgan fingerprint density at radius 2 is 2.00 bits per heavy atom. The number of carbonyl (C=O) groups is 1. The number of anilines is 2. The van der Waals surface area contributed by atoms with Gasteiger partial charge in [0.25, 0.3) is 10.0 Å². The van der Waals surface area contributed by atoms with Crippen LogP contribution in [-0.4, -0.2) is 84.5 Å². The van der Waals surface area contributed by atoms with Crippen LogP contribution in [-0.2, 0) is 14.8 Å². The summed E-state index contributed by atoms with van der Waals surface area (Å²) in [6.45, 7) is 6.38. The summed E-state index contributed by atoms with van der Waals surface area (Å²) in [5.41, 5.74) is 1.20. The molecule has 11 nitrogen and oxygen atoms in total. The van der Waals surface area contributed by atoms with Crippen LogP contribution in [0.15, 0.2) is 33.2 Å². The molecule has 1 aliphatic rings. The number of nitrogens with one attached hydrogen (secondary N) is 2. The van der Waals surface area contributed by atoms with Gasteiger partial charge in [-0.1, -0.05) is 17.4 Å². The zero-order valence-electron chi connectivity index (χ0n) is 19.5. The van der Waals surface area contributed by atoms with Gasteiger partial charge in [0.2, 0.25) is 0 Å². The van der Waals surface area contributed by atoms with Gasteiger partial charge in [0.05, 0.1) is 18.3 Å². The molecule has 1 amide bonds. The van der Waals surface area contributed by atoms with Crippen LogP contribution in [0.25, 0.3) is 10.9 Å². The highest BCUT2D eigenvalue weighted by Crippen LogP contribution is 2.30. The summed E-state index contributed by atoms with van der Waals surface area (Å²) in [5, 5.41) is 7.01. The molecule has 188 valence electrons. The second-order valence-electron chi connectivity index (χ2n) is 8.12. The largest absolute Gasteiger partial charge is 0.453 e. The first-order valence-corrected chi connectivity index (χ1v) is 13.9. The van der Waals surface area contributed by atoms with Crippen molar-refractivity contribution in [3.05, 3.63) is 34.7 Å². The highest BCUT2D eigenvalue weighted by molar-refractivity contribution is 9.10. The van der Waals surface area contributed by atoms with E-state index in [9.17, 15) is 13.2 Å². The van der Waals surface area contributed by atoms with Gasteiger partial charge in [-0.25, -0.2) is 28.2 Å². The van der Waals surface area contributed by atoms with Crippen LogP contribution in [0.4, 0.5) is 15.7 Å². The van der Waals surface area contributed by atoms with Crippen molar-refractivity contribution in [3.63, 3.8) is 0 Å². The second kappa shape index (κ2) is 10.7. The number of methoxy groups -OCH3 is 1. The first kappa shape index (κ1) is 25.7. The molecule has 0 radical (unpaired) electrons. The zero-order valence-corrected chi connectivity index (χ0v) is 22.7. The molecule has 2 aromatic heterocycles. The van der Waals surface area contributed by atoms with E-state index in [4.69, 9.17) is 0 Å². The predicted octanol–water partition coefficient (Wildman–Crippen LogP) is 3.14. The third-order valence-corrected chi connectivity index (χ3v) is 9.78. The van der Waals surface area contributed by atoms with Crippen molar-refractivity contribution in [3.8, 4) is 0 Å². The van der Waals surface area contributed by atoms with E-state index in [0.29, 0.717) is 31.9 Å². The molecule has 0 saturated carbocycles. The molecule has 2 N–H and O–H groups in total. The predicted molar refractivity (Wildman–Crippen MR) is 138 cm³/mol. The summed E-state index contributed by atoms with van der Waals surface area (Å²) in [4.78, 5) is 26.6. The molecule has 1 aromatic carbocycles. The fourth-order valence-electron chi connectivity index (χ4n) is 3.92. The van der Waals surface area contributed by atoms with Gasteiger partial charge in [0, 0.05) is 48.6 Å². The molecule has 1 aliphatic heterocycles. The van der Waals surface area contributed by atoms with Gasteiger partial charge in [0.1, 0.15) is 12.1 Å². The molecule has 0 spiro atoms. The van der Waals surface area contributed by atoms with Crippen molar-refractivity contribution in [2.45, 2.75) is 24.1 Å². The Morgan fingerprint density at radius 1 is 1.26 bits per heavy atom. The SMILES string of the molecule is COC(=O)Nc1nc(C)c(S(=O)(=O)N2CCN(C[C@H](C)Nc3ncnc4c(Br)cccc34)CC2)s1. The molecule has 0 aliphatic carbocycles. The highest BCUT2D eigenvalue weighted by atomic mass is 79.9. The van der Waals surface area contributed by atoms with Crippen LogP contribution < -0.4 is 10.6 Å². The van der Waals surface area contributed by atoms with Crippen molar-refractivity contribution in [2.75, 3.05) is 50.5 Å². The Labute approximate surface area is 216 Å². The van der Waals surface area contributed by atoms with Gasteiger partial charge in [-0.05, 0) is 41.9 Å². The minimum Gasteiger partial charge on any atom is -0.453 e. The number of nitrogens with zero attached hydrogens (tertiary/aromatic N) is 5. The van der Waals surface area contributed by atoms with Crippen LogP contribution in [0.2, 0.25) is 0 Å². The van der Waals surface area contributed by atoms with E-state index in [-0.39, 0.29) is 15.4 Å². The second-order valence-corrected chi connectivity index (χ2v) is 12.1. The van der Waals surface area contributed by atoms with Gasteiger partial charge in [-0.2, -0.15) is 4.31 Å². The number of piperazine rings is 1. The lowest BCUT2D eigenvalue weighted by Crippen LogP contribution is -2.50. The molecular weight excluding hydrogens is 558 g/mol. The van der Waals surface area contributed by atoms with Crippen molar-refractivity contribution in [1.82, 2.24) is 24.2 Å². The van der Waals surface area contributed by atoms with Gasteiger partial charge in [-0.3, -0.25) is 10.2 Å². The quantitative estimate of drug-likeness (QED) is 0.430. The van der Waals surface area contributed by atoms with Gasteiger partial charge >= 0.3 is 6.09 Å². The summed E-state index contributed by atoms with van der Waals surface area (Å²) >= 11 is 4.45. The Bertz CT molecular complexity index is 1330. The number of aromatic nitrogens is 3. The molecular formula is C21H26BrN7O4S2. The zero-order chi connectivity index (χ0) is 25.2. The molecule has 4 rings (SSSR count). The molecule has 0 unspecified atom stereocenters. The number of hydrogen-bond acceptors (Lipinski definition) is 10. The van der Waals surface area contributed by atoms with E-state index in [2.05, 4.69) is 58.1 Å². The summed E-state index contributed by atoms with van der Waals surface area (Å²) in [6.07, 6.45) is 0.848. The number of thiazole rings is 1. The number of benzene rings is 1. The molecule has 1 fully saturated rings. The number of carbonyl (C=O) groups excluding carboxylic acids is 1. The van der Waals surface area contributed by atoms with Gasteiger partial charge in [-0.15, -0.1) is 0 Å². The third kappa shape index (κ3) is 5.72. The number of rotatable bonds is 7. The molecule has 35 heavy (non-hydrogen) atoms. The average Bonchev–Trinajstić information content (AvgIpc) is 3.20. The normalized spacial score (nSPS) is 16.2. The summed E-state index contributed by atoms with van der Waals surface area (Å²) in [7, 11) is -2.48. The third-order valence-electron chi connectivity index (χ3n) is 5.58. The number of fused-ring (bicyclic) bond motifs is 1. The fourth-order valence-corrected chi connectivity index (χ4v) is 7.34. The van der Waals surface area contributed by atoms with E-state index in [1.807, 2.05) is 18.2 Å². The number of para-hydroxylation sites is 1. The van der Waals surface area contributed by atoms with Crippen molar-refractivity contribution < 1.29 is 17.9 Å². The summed E-state index contributed by atoms with van der Waals surface area (Å²) in [5.74, 6) is 0.766. The topological polar surface area (TPSA) is 130 Å². The number of halogens is 1. The van der Waals surface area contributed by atoms with Crippen LogP contribution in [0.3, 0.4) is 0 Å². The van der Waals surface area contributed by atoms with Gasteiger partial charge < -0.3 is 10.1 Å². The summed E-state index contributed by atoms with van der Waals surface area (Å²) in [6, 6.07) is 5.96. The first-order chi connectivity index (χ1) is 16.7. The van der Waals surface area contributed by atoms with Crippen LogP contribution in [0.5, 0.6) is 0 Å². The summed E-state index contributed by atoms with van der Waals surface area (Å²) < 4.78 is 33.5. The number of ether oxygens (including phenoxy) is 1. The molecule has 3 aromatic rings. The fraction of sp³-hybridized carbons (Fsp3) is 0.429. The van der Waals surface area contributed by atoms with Crippen molar-refractivity contribution >= 4 is 65.2 Å². The van der Waals surface area contributed by atoms with Crippen LogP contribution in [0, 0.1) is 6.92 Å². The maximum absolute atomic E-state index is 13.2.